The molecule has 3 heteroatoms. The molecule has 0 unspecified atom stereocenters. The van der Waals surface area contributed by atoms with Crippen LogP contribution in [-0.2, 0) is 0 Å². The van der Waals surface area contributed by atoms with E-state index in [1.165, 1.54) is 70.9 Å². The monoisotopic (exact) mass is 837 g/mol. The van der Waals surface area contributed by atoms with E-state index in [9.17, 15) is 0 Å². The van der Waals surface area contributed by atoms with Crippen LogP contribution in [0.2, 0.25) is 0 Å². The lowest BCUT2D eigenvalue weighted by atomic mass is 9.89. The molecule has 0 spiro atoms. The molecule has 0 amide bonds. The maximum absolute atomic E-state index is 7.36. The van der Waals surface area contributed by atoms with Crippen LogP contribution in [0, 0.1) is 6.57 Å². The Morgan fingerprint density at radius 1 is 0.273 bits per heavy atom. The molecule has 3 nitrogen and oxygen atoms in total. The smallest absolute Gasteiger partial charge is 0.187 e. The zero-order valence-electron chi connectivity index (χ0n) is 35.9. The first-order valence-electron chi connectivity index (χ1n) is 22.2. The minimum Gasteiger partial charge on any atom is -0.238 e. The molecule has 306 valence electrons. The Hall–Kier alpha value is -8.97. The summed E-state index contributed by atoms with van der Waals surface area (Å²) in [5.41, 5.74) is 14.6. The molecule has 0 N–H and O–H groups in total. The van der Waals surface area contributed by atoms with Crippen LogP contribution in [-0.4, -0.2) is 9.97 Å². The molecule has 1 heterocycles. The third-order valence-electron chi connectivity index (χ3n) is 12.9. The van der Waals surface area contributed by atoms with Gasteiger partial charge in [-0.15, -0.1) is 0 Å². The van der Waals surface area contributed by atoms with Crippen molar-refractivity contribution in [2.75, 3.05) is 0 Å². The number of rotatable bonds is 7. The Bertz CT molecular complexity index is 3850. The van der Waals surface area contributed by atoms with E-state index in [2.05, 4.69) is 199 Å². The van der Waals surface area contributed by atoms with E-state index in [0.717, 1.165) is 44.8 Å². The van der Waals surface area contributed by atoms with Crippen molar-refractivity contribution in [3.05, 3.63) is 248 Å². The van der Waals surface area contributed by atoms with Gasteiger partial charge in [0.25, 0.3) is 0 Å². The fourth-order valence-corrected chi connectivity index (χ4v) is 9.52. The minimum atomic E-state index is 0.626. The topological polar surface area (TPSA) is 30.1 Å². The van der Waals surface area contributed by atoms with E-state index in [4.69, 9.17) is 16.5 Å². The maximum atomic E-state index is 7.36. The summed E-state index contributed by atoms with van der Waals surface area (Å²) in [6.45, 7) is 7.36. The lowest BCUT2D eigenvalue weighted by molar-refractivity contribution is 1.18. The Labute approximate surface area is 383 Å². The van der Waals surface area contributed by atoms with E-state index in [1.807, 2.05) is 42.5 Å². The van der Waals surface area contributed by atoms with Crippen molar-refractivity contribution in [3.8, 4) is 78.4 Å². The molecule has 11 aromatic carbocycles. The predicted octanol–water partition coefficient (Wildman–Crippen LogP) is 17.3. The minimum absolute atomic E-state index is 0.626. The molecule has 66 heavy (non-hydrogen) atoms. The zero-order valence-corrected chi connectivity index (χ0v) is 35.9. The number of fused-ring (bicyclic) bond motifs is 5. The molecule has 0 saturated heterocycles. The van der Waals surface area contributed by atoms with Crippen LogP contribution in [0.1, 0.15) is 0 Å². The number of hydrogen-bond donors (Lipinski definition) is 0. The predicted molar refractivity (Wildman–Crippen MR) is 276 cm³/mol. The van der Waals surface area contributed by atoms with Crippen LogP contribution in [0.5, 0.6) is 0 Å². The highest BCUT2D eigenvalue weighted by Crippen LogP contribution is 2.41. The summed E-state index contributed by atoms with van der Waals surface area (Å²) >= 11 is 0. The van der Waals surface area contributed by atoms with Gasteiger partial charge in [0.1, 0.15) is 0 Å². The van der Waals surface area contributed by atoms with Crippen LogP contribution in [0.3, 0.4) is 0 Å². The molecule has 0 aliphatic rings. The summed E-state index contributed by atoms with van der Waals surface area (Å²) in [5.74, 6) is 0.674. The van der Waals surface area contributed by atoms with Crippen molar-refractivity contribution in [2.45, 2.75) is 0 Å². The number of nitrogens with zero attached hydrogens (tertiary/aromatic N) is 3. The molecule has 0 atom stereocenters. The quantitative estimate of drug-likeness (QED) is 0.0909. The van der Waals surface area contributed by atoms with Gasteiger partial charge in [-0.1, -0.05) is 206 Å². The van der Waals surface area contributed by atoms with E-state index in [0.29, 0.717) is 11.5 Å². The van der Waals surface area contributed by atoms with Gasteiger partial charge in [0.05, 0.1) is 18.0 Å². The Morgan fingerprint density at radius 2 is 0.758 bits per heavy atom. The zero-order chi connectivity index (χ0) is 44.0. The van der Waals surface area contributed by atoms with Crippen molar-refractivity contribution in [1.29, 1.82) is 0 Å². The molecule has 0 radical (unpaired) electrons. The second-order valence-electron chi connectivity index (χ2n) is 16.8. The lowest BCUT2D eigenvalue weighted by Crippen LogP contribution is -1.96. The van der Waals surface area contributed by atoms with Crippen molar-refractivity contribution < 1.29 is 0 Å². The van der Waals surface area contributed by atoms with Crippen LogP contribution in [0.4, 0.5) is 5.69 Å². The molecular weight excluding hydrogens is 799 g/mol. The van der Waals surface area contributed by atoms with Crippen LogP contribution in [0.15, 0.2) is 237 Å². The summed E-state index contributed by atoms with van der Waals surface area (Å²) < 4.78 is 0. The first-order chi connectivity index (χ1) is 32.6. The van der Waals surface area contributed by atoms with Gasteiger partial charge < -0.3 is 0 Å². The fraction of sp³-hybridized carbons (Fsp3) is 0. The molecule has 0 saturated carbocycles. The average molecular weight is 838 g/mol. The fourth-order valence-electron chi connectivity index (χ4n) is 9.52. The summed E-state index contributed by atoms with van der Waals surface area (Å²) in [7, 11) is 0. The second kappa shape index (κ2) is 16.3. The Balaban J connectivity index is 0.888. The Morgan fingerprint density at radius 3 is 1.39 bits per heavy atom. The highest BCUT2D eigenvalue weighted by atomic mass is 14.9. The van der Waals surface area contributed by atoms with Gasteiger partial charge in [0, 0.05) is 16.7 Å². The van der Waals surface area contributed by atoms with Gasteiger partial charge in [0.15, 0.2) is 11.5 Å². The summed E-state index contributed by atoms with van der Waals surface area (Å²) in [6.07, 6.45) is 0. The van der Waals surface area contributed by atoms with Gasteiger partial charge in [0.2, 0.25) is 0 Å². The maximum Gasteiger partial charge on any atom is 0.187 e. The van der Waals surface area contributed by atoms with Gasteiger partial charge in [-0.2, -0.15) is 0 Å². The SMILES string of the molecule is [C-]#[N+]c1ccc(-c2cccc(-c3cc(-c4ccc(-c5ccc(-c6ccc(-c7cc8ccccc8c8cc9ccccc9cc78)cc6)c6ccccc56)cc4)nc(-c4ccccc4)n3)c2)cc1. The summed E-state index contributed by atoms with van der Waals surface area (Å²) in [5, 5.41) is 10.00. The third kappa shape index (κ3) is 7.04. The standard InChI is InChI=1S/C63H39N3/c1-64-52-32-30-41(31-33-52)47-17-11-18-51(36-47)62-40-61(65-63(66-62)46-12-3-2-4-13-46)45-28-26-43(27-29-45)55-35-34-54(56-20-9-10-21-57(55)56)42-22-24-44(25-23-42)58-39-50-16-7-8-19-53(50)59-37-48-14-5-6-15-49(48)38-60(58)59/h2-40H. The summed E-state index contributed by atoms with van der Waals surface area (Å²) in [4.78, 5) is 13.8. The van der Waals surface area contributed by atoms with E-state index in [1.54, 1.807) is 0 Å². The van der Waals surface area contributed by atoms with Gasteiger partial charge in [-0.25, -0.2) is 14.8 Å². The first-order valence-corrected chi connectivity index (χ1v) is 22.2. The molecule has 1 aromatic heterocycles. The molecular formula is C63H39N3. The lowest BCUT2D eigenvalue weighted by Gasteiger charge is -2.15. The van der Waals surface area contributed by atoms with Gasteiger partial charge >= 0.3 is 0 Å². The normalized spacial score (nSPS) is 11.3. The molecule has 12 aromatic rings. The average Bonchev–Trinajstić information content (AvgIpc) is 3.40. The van der Waals surface area contributed by atoms with Crippen molar-refractivity contribution in [2.24, 2.45) is 0 Å². The molecule has 0 bridgehead atoms. The van der Waals surface area contributed by atoms with Crippen molar-refractivity contribution >= 4 is 48.8 Å². The van der Waals surface area contributed by atoms with Gasteiger partial charge in [-0.05, 0) is 118 Å². The van der Waals surface area contributed by atoms with Crippen LogP contribution in [0.25, 0.3) is 126 Å². The summed E-state index contributed by atoms with van der Waals surface area (Å²) in [6, 6.07) is 84.0. The second-order valence-corrected chi connectivity index (χ2v) is 16.8. The molecule has 12 rings (SSSR count). The molecule has 0 fully saturated rings. The number of aromatic nitrogens is 2. The number of benzene rings is 11. The van der Waals surface area contributed by atoms with Crippen LogP contribution >= 0.6 is 0 Å². The van der Waals surface area contributed by atoms with E-state index in [-0.39, 0.29) is 0 Å². The van der Waals surface area contributed by atoms with Crippen LogP contribution < -0.4 is 0 Å². The molecule has 0 aliphatic heterocycles. The largest absolute Gasteiger partial charge is 0.238 e. The Kier molecular flexibility index (Phi) is 9.55. The highest BCUT2D eigenvalue weighted by Gasteiger charge is 2.15. The van der Waals surface area contributed by atoms with E-state index >= 15 is 0 Å². The highest BCUT2D eigenvalue weighted by molar-refractivity contribution is 6.17. The van der Waals surface area contributed by atoms with Gasteiger partial charge in [-0.3, -0.25) is 0 Å². The third-order valence-corrected chi connectivity index (χ3v) is 12.9. The molecule has 0 aliphatic carbocycles. The number of hydrogen-bond acceptors (Lipinski definition) is 2. The van der Waals surface area contributed by atoms with E-state index < -0.39 is 0 Å². The first kappa shape index (κ1) is 38.7. The van der Waals surface area contributed by atoms with Crippen molar-refractivity contribution in [3.63, 3.8) is 0 Å². The van der Waals surface area contributed by atoms with Crippen molar-refractivity contribution in [1.82, 2.24) is 9.97 Å².